The third kappa shape index (κ3) is 4.03. The van der Waals surface area contributed by atoms with Gasteiger partial charge in [-0.2, -0.15) is 0 Å². The van der Waals surface area contributed by atoms with Gasteiger partial charge in [-0.1, -0.05) is 20.8 Å². The predicted octanol–water partition coefficient (Wildman–Crippen LogP) is -0.0258. The molecule has 0 aromatic carbocycles. The van der Waals surface area contributed by atoms with E-state index in [1.54, 1.807) is 13.2 Å². The number of carbonyl (C=O) groups excluding carboxylic acids is 2. The van der Waals surface area contributed by atoms with Crippen molar-refractivity contribution >= 4 is 12.2 Å². The van der Waals surface area contributed by atoms with Crippen molar-refractivity contribution in [2.75, 3.05) is 0 Å². The highest BCUT2D eigenvalue weighted by molar-refractivity contribution is 5.84. The van der Waals surface area contributed by atoms with Gasteiger partial charge < -0.3 is 11.1 Å². The Labute approximate surface area is 78.9 Å². The third-order valence-electron chi connectivity index (χ3n) is 1.89. The van der Waals surface area contributed by atoms with E-state index in [1.165, 1.54) is 0 Å². The summed E-state index contributed by atoms with van der Waals surface area (Å²) in [7, 11) is 0. The SMILES string of the molecule is CC[C@@H]([C]=O)NC(=O)[C@@H](N)C(C)C. The lowest BCUT2D eigenvalue weighted by atomic mass is 10.0. The molecule has 0 aliphatic heterocycles. The fourth-order valence-corrected chi connectivity index (χ4v) is 0.786. The van der Waals surface area contributed by atoms with E-state index in [4.69, 9.17) is 5.73 Å². The second-order valence-electron chi connectivity index (χ2n) is 3.36. The van der Waals surface area contributed by atoms with Gasteiger partial charge in [0.05, 0.1) is 12.1 Å². The first-order valence-corrected chi connectivity index (χ1v) is 4.46. The van der Waals surface area contributed by atoms with Crippen molar-refractivity contribution in [3.63, 3.8) is 0 Å². The van der Waals surface area contributed by atoms with Gasteiger partial charge in [-0.25, -0.2) is 0 Å². The van der Waals surface area contributed by atoms with Gasteiger partial charge in [-0.15, -0.1) is 0 Å². The second-order valence-corrected chi connectivity index (χ2v) is 3.36. The lowest BCUT2D eigenvalue weighted by molar-refractivity contribution is -0.123. The Balaban J connectivity index is 4.05. The molecule has 0 aromatic heterocycles. The molecule has 0 heterocycles. The lowest BCUT2D eigenvalue weighted by Crippen LogP contribution is -2.48. The van der Waals surface area contributed by atoms with Gasteiger partial charge in [0.2, 0.25) is 12.2 Å². The van der Waals surface area contributed by atoms with E-state index in [1.807, 2.05) is 13.8 Å². The molecule has 2 atom stereocenters. The summed E-state index contributed by atoms with van der Waals surface area (Å²) < 4.78 is 0. The van der Waals surface area contributed by atoms with Crippen molar-refractivity contribution in [3.8, 4) is 0 Å². The maximum atomic E-state index is 11.3. The molecule has 1 amide bonds. The van der Waals surface area contributed by atoms with Gasteiger partial charge in [0.1, 0.15) is 0 Å². The Morgan fingerprint density at radius 2 is 2.08 bits per heavy atom. The third-order valence-corrected chi connectivity index (χ3v) is 1.89. The summed E-state index contributed by atoms with van der Waals surface area (Å²) in [6.07, 6.45) is 2.28. The fraction of sp³-hybridized carbons (Fsp3) is 0.778. The summed E-state index contributed by atoms with van der Waals surface area (Å²) in [5.41, 5.74) is 5.58. The maximum Gasteiger partial charge on any atom is 0.237 e. The zero-order valence-corrected chi connectivity index (χ0v) is 8.33. The first-order chi connectivity index (χ1) is 6.02. The smallest absolute Gasteiger partial charge is 0.237 e. The topological polar surface area (TPSA) is 72.2 Å². The van der Waals surface area contributed by atoms with Crippen LogP contribution in [0.1, 0.15) is 27.2 Å². The number of nitrogens with two attached hydrogens (primary N) is 1. The van der Waals surface area contributed by atoms with Crippen molar-refractivity contribution in [3.05, 3.63) is 0 Å². The van der Waals surface area contributed by atoms with E-state index < -0.39 is 12.1 Å². The van der Waals surface area contributed by atoms with Crippen LogP contribution in [0, 0.1) is 5.92 Å². The van der Waals surface area contributed by atoms with Crippen molar-refractivity contribution < 1.29 is 9.59 Å². The summed E-state index contributed by atoms with van der Waals surface area (Å²) in [6.45, 7) is 5.52. The number of carbonyl (C=O) groups is 1. The molecule has 0 saturated heterocycles. The number of amides is 1. The van der Waals surface area contributed by atoms with Crippen LogP contribution in [0.15, 0.2) is 0 Å². The summed E-state index contributed by atoms with van der Waals surface area (Å²) in [5, 5.41) is 2.51. The normalized spacial score (nSPS) is 15.2. The molecule has 4 nitrogen and oxygen atoms in total. The molecule has 13 heavy (non-hydrogen) atoms. The maximum absolute atomic E-state index is 11.3. The molecule has 0 unspecified atom stereocenters. The van der Waals surface area contributed by atoms with Gasteiger partial charge in [-0.05, 0) is 12.3 Å². The summed E-state index contributed by atoms with van der Waals surface area (Å²) in [4.78, 5) is 21.6. The highest BCUT2D eigenvalue weighted by Crippen LogP contribution is 1.98. The number of hydrogen-bond acceptors (Lipinski definition) is 3. The van der Waals surface area contributed by atoms with Crippen LogP contribution in [0.2, 0.25) is 0 Å². The molecule has 75 valence electrons. The number of rotatable bonds is 5. The summed E-state index contributed by atoms with van der Waals surface area (Å²) in [6, 6.07) is -1.08. The Hall–Kier alpha value is -0.900. The minimum absolute atomic E-state index is 0.0733. The van der Waals surface area contributed by atoms with E-state index in [0.29, 0.717) is 6.42 Å². The highest BCUT2D eigenvalue weighted by atomic mass is 16.2. The van der Waals surface area contributed by atoms with Gasteiger partial charge in [0.25, 0.3) is 0 Å². The van der Waals surface area contributed by atoms with Crippen molar-refractivity contribution in [2.45, 2.75) is 39.3 Å². The summed E-state index contributed by atoms with van der Waals surface area (Å²) in [5.74, 6) is -0.214. The quantitative estimate of drug-likeness (QED) is 0.632. The molecule has 3 N–H and O–H groups in total. The van der Waals surface area contributed by atoms with Crippen LogP contribution in [0.3, 0.4) is 0 Å². The molecular weight excluding hydrogens is 168 g/mol. The van der Waals surface area contributed by atoms with Crippen LogP contribution < -0.4 is 11.1 Å². The average molecular weight is 185 g/mol. The van der Waals surface area contributed by atoms with Crippen LogP contribution in [-0.2, 0) is 9.59 Å². The minimum atomic E-state index is -0.553. The molecule has 0 saturated carbocycles. The Kier molecular flexibility index (Phi) is 5.30. The Morgan fingerprint density at radius 3 is 2.38 bits per heavy atom. The van der Waals surface area contributed by atoms with Gasteiger partial charge in [-0.3, -0.25) is 9.59 Å². The molecule has 0 aliphatic rings. The Morgan fingerprint density at radius 1 is 1.54 bits per heavy atom. The molecule has 4 heteroatoms. The zero-order chi connectivity index (χ0) is 10.4. The molecule has 0 aliphatic carbocycles. The van der Waals surface area contributed by atoms with Crippen LogP contribution in [0.4, 0.5) is 0 Å². The van der Waals surface area contributed by atoms with Crippen LogP contribution in [0.5, 0.6) is 0 Å². The molecule has 0 aromatic rings. The number of hydrogen-bond donors (Lipinski definition) is 2. The molecule has 1 radical (unpaired) electrons. The van der Waals surface area contributed by atoms with Gasteiger partial charge in [0.15, 0.2) is 0 Å². The van der Waals surface area contributed by atoms with Crippen LogP contribution in [-0.4, -0.2) is 24.3 Å². The lowest BCUT2D eigenvalue weighted by Gasteiger charge is -2.17. The first kappa shape index (κ1) is 12.1. The largest absolute Gasteiger partial charge is 0.344 e. The van der Waals surface area contributed by atoms with E-state index in [9.17, 15) is 9.59 Å². The van der Waals surface area contributed by atoms with Crippen molar-refractivity contribution in [2.24, 2.45) is 11.7 Å². The highest BCUT2D eigenvalue weighted by Gasteiger charge is 2.19. The first-order valence-electron chi connectivity index (χ1n) is 4.46. The predicted molar refractivity (Wildman–Crippen MR) is 50.7 cm³/mol. The van der Waals surface area contributed by atoms with E-state index in [0.717, 1.165) is 0 Å². The molecule has 0 spiro atoms. The monoisotopic (exact) mass is 185 g/mol. The Bertz CT molecular complexity index is 180. The molecule has 0 bridgehead atoms. The average Bonchev–Trinajstić information content (AvgIpc) is 2.12. The fourth-order valence-electron chi connectivity index (χ4n) is 0.786. The molecular formula is C9H17N2O2. The van der Waals surface area contributed by atoms with E-state index in [-0.39, 0.29) is 11.8 Å². The molecule has 0 fully saturated rings. The van der Waals surface area contributed by atoms with Crippen molar-refractivity contribution in [1.29, 1.82) is 0 Å². The van der Waals surface area contributed by atoms with Gasteiger partial charge >= 0.3 is 0 Å². The van der Waals surface area contributed by atoms with E-state index >= 15 is 0 Å². The van der Waals surface area contributed by atoms with Crippen LogP contribution in [0.25, 0.3) is 0 Å². The second kappa shape index (κ2) is 5.70. The standard InChI is InChI=1S/C9H17N2O2/c1-4-7(5-12)11-9(13)8(10)6(2)3/h6-8H,4,10H2,1-3H3,(H,11,13)/t7-,8-/m0/s1. The zero-order valence-electron chi connectivity index (χ0n) is 8.33. The van der Waals surface area contributed by atoms with Crippen LogP contribution >= 0.6 is 0 Å². The number of nitrogens with one attached hydrogen (secondary N) is 1. The van der Waals surface area contributed by atoms with Gasteiger partial charge in [0, 0.05) is 0 Å². The minimum Gasteiger partial charge on any atom is -0.344 e. The van der Waals surface area contributed by atoms with E-state index in [2.05, 4.69) is 5.32 Å². The summed E-state index contributed by atoms with van der Waals surface area (Å²) >= 11 is 0. The van der Waals surface area contributed by atoms with Crippen molar-refractivity contribution in [1.82, 2.24) is 5.32 Å². The molecule has 0 rings (SSSR count).